The zero-order valence-corrected chi connectivity index (χ0v) is 11.4. The summed E-state index contributed by atoms with van der Waals surface area (Å²) in [5.74, 6) is -1.03. The average molecular weight is 306 g/mol. The third-order valence-electron chi connectivity index (χ3n) is 2.43. The Kier molecular flexibility index (Phi) is 4.62. The SMILES string of the molecule is O=C(O)/C=C/c1ccc([N+](=O)[O-])c(OCc2nccs2)c1. The average Bonchev–Trinajstić information content (AvgIpc) is 2.96. The molecule has 0 atom stereocenters. The lowest BCUT2D eigenvalue weighted by Crippen LogP contribution is -1.99. The number of aromatic nitrogens is 1. The topological polar surface area (TPSA) is 103 Å². The maximum absolute atomic E-state index is 11.0. The highest BCUT2D eigenvalue weighted by atomic mass is 32.1. The van der Waals surface area contributed by atoms with E-state index in [2.05, 4.69) is 4.98 Å². The number of aliphatic carboxylic acids is 1. The van der Waals surface area contributed by atoms with Crippen LogP contribution in [-0.2, 0) is 11.4 Å². The zero-order chi connectivity index (χ0) is 15.2. The molecule has 7 nitrogen and oxygen atoms in total. The van der Waals surface area contributed by atoms with Gasteiger partial charge in [-0.3, -0.25) is 10.1 Å². The van der Waals surface area contributed by atoms with Crippen LogP contribution < -0.4 is 4.74 Å². The van der Waals surface area contributed by atoms with Crippen molar-refractivity contribution < 1.29 is 19.6 Å². The Labute approximate surface area is 123 Å². The van der Waals surface area contributed by atoms with Crippen LogP contribution in [-0.4, -0.2) is 21.0 Å². The largest absolute Gasteiger partial charge is 0.479 e. The Hall–Kier alpha value is -2.74. The van der Waals surface area contributed by atoms with Crippen molar-refractivity contribution in [2.24, 2.45) is 0 Å². The van der Waals surface area contributed by atoms with Gasteiger partial charge in [0.25, 0.3) is 0 Å². The Balaban J connectivity index is 2.24. The Morgan fingerprint density at radius 1 is 1.52 bits per heavy atom. The van der Waals surface area contributed by atoms with Gasteiger partial charge in [-0.2, -0.15) is 0 Å². The molecule has 8 heteroatoms. The lowest BCUT2D eigenvalue weighted by atomic mass is 10.2. The molecular weight excluding hydrogens is 296 g/mol. The molecule has 0 radical (unpaired) electrons. The van der Waals surface area contributed by atoms with E-state index in [4.69, 9.17) is 9.84 Å². The first-order valence-electron chi connectivity index (χ1n) is 5.77. The molecule has 0 aliphatic heterocycles. The van der Waals surface area contributed by atoms with E-state index in [1.807, 2.05) is 0 Å². The highest BCUT2D eigenvalue weighted by Crippen LogP contribution is 2.29. The number of thiazole rings is 1. The third kappa shape index (κ3) is 4.11. The van der Waals surface area contributed by atoms with Crippen molar-refractivity contribution in [2.45, 2.75) is 6.61 Å². The molecule has 0 aliphatic rings. The highest BCUT2D eigenvalue weighted by molar-refractivity contribution is 7.09. The van der Waals surface area contributed by atoms with E-state index in [1.54, 1.807) is 11.6 Å². The van der Waals surface area contributed by atoms with Crippen molar-refractivity contribution in [1.82, 2.24) is 4.98 Å². The van der Waals surface area contributed by atoms with Gasteiger partial charge in [-0.1, -0.05) is 0 Å². The molecule has 0 bridgehead atoms. The highest BCUT2D eigenvalue weighted by Gasteiger charge is 2.15. The van der Waals surface area contributed by atoms with E-state index < -0.39 is 10.9 Å². The van der Waals surface area contributed by atoms with Crippen LogP contribution >= 0.6 is 11.3 Å². The number of carbonyl (C=O) groups is 1. The summed E-state index contributed by atoms with van der Waals surface area (Å²) in [5.41, 5.74) is 0.316. The van der Waals surface area contributed by atoms with E-state index in [0.717, 1.165) is 6.08 Å². The van der Waals surface area contributed by atoms with Crippen molar-refractivity contribution in [3.8, 4) is 5.75 Å². The molecule has 0 saturated carbocycles. The standard InChI is InChI=1S/C13H10N2O5S/c16-13(17)4-2-9-1-3-10(15(18)19)11(7-9)20-8-12-14-5-6-21-12/h1-7H,8H2,(H,16,17)/b4-2+. The van der Waals surface area contributed by atoms with Gasteiger partial charge >= 0.3 is 11.7 Å². The second kappa shape index (κ2) is 6.62. The number of nitro groups is 1. The number of ether oxygens (including phenoxy) is 1. The van der Waals surface area contributed by atoms with Gasteiger partial charge in [0.2, 0.25) is 0 Å². The number of hydrogen-bond donors (Lipinski definition) is 1. The monoisotopic (exact) mass is 306 g/mol. The van der Waals surface area contributed by atoms with Gasteiger partial charge < -0.3 is 9.84 Å². The quantitative estimate of drug-likeness (QED) is 0.500. The molecule has 0 fully saturated rings. The first-order chi connectivity index (χ1) is 10.1. The summed E-state index contributed by atoms with van der Waals surface area (Å²) >= 11 is 1.38. The third-order valence-corrected chi connectivity index (χ3v) is 3.19. The van der Waals surface area contributed by atoms with Gasteiger partial charge in [-0.25, -0.2) is 9.78 Å². The lowest BCUT2D eigenvalue weighted by Gasteiger charge is -2.06. The predicted octanol–water partition coefficient (Wildman–Crippen LogP) is 2.73. The van der Waals surface area contributed by atoms with Crippen LogP contribution in [0.1, 0.15) is 10.6 Å². The minimum absolute atomic E-state index is 0.0720. The number of nitro benzene ring substituents is 1. The maximum atomic E-state index is 11.0. The maximum Gasteiger partial charge on any atom is 0.328 e. The smallest absolute Gasteiger partial charge is 0.328 e. The van der Waals surface area contributed by atoms with Gasteiger partial charge in [0.1, 0.15) is 11.6 Å². The molecule has 1 N–H and O–H groups in total. The van der Waals surface area contributed by atoms with Gasteiger partial charge in [-0.15, -0.1) is 11.3 Å². The summed E-state index contributed by atoms with van der Waals surface area (Å²) in [6.45, 7) is 0.116. The van der Waals surface area contributed by atoms with Gasteiger partial charge in [0.05, 0.1) is 4.92 Å². The Bertz CT molecular complexity index is 682. The molecule has 0 aliphatic carbocycles. The fourth-order valence-electron chi connectivity index (χ4n) is 1.53. The van der Waals surface area contributed by atoms with Crippen LogP contribution in [0.15, 0.2) is 35.9 Å². The summed E-state index contributed by atoms with van der Waals surface area (Å²) in [6, 6.07) is 4.15. The Morgan fingerprint density at radius 2 is 2.33 bits per heavy atom. The van der Waals surface area contributed by atoms with Crippen LogP contribution in [0.2, 0.25) is 0 Å². The molecule has 0 saturated heterocycles. The molecule has 2 aromatic rings. The van der Waals surface area contributed by atoms with Gasteiger partial charge in [-0.05, 0) is 23.8 Å². The molecule has 0 unspecified atom stereocenters. The minimum atomic E-state index is -1.10. The fourth-order valence-corrected chi connectivity index (χ4v) is 2.06. The summed E-state index contributed by atoms with van der Waals surface area (Å²) < 4.78 is 5.42. The number of hydrogen-bond acceptors (Lipinski definition) is 6. The zero-order valence-electron chi connectivity index (χ0n) is 10.6. The van der Waals surface area contributed by atoms with Crippen LogP contribution in [0.5, 0.6) is 5.75 Å². The minimum Gasteiger partial charge on any atom is -0.479 e. The molecule has 0 amide bonds. The van der Waals surface area contributed by atoms with Crippen molar-refractivity contribution >= 4 is 29.1 Å². The van der Waals surface area contributed by atoms with Gasteiger partial charge in [0, 0.05) is 23.7 Å². The summed E-state index contributed by atoms with van der Waals surface area (Å²) in [7, 11) is 0. The van der Waals surface area contributed by atoms with E-state index in [9.17, 15) is 14.9 Å². The summed E-state index contributed by atoms with van der Waals surface area (Å²) in [6.07, 6.45) is 3.90. The fraction of sp³-hybridized carbons (Fsp3) is 0.0769. The second-order valence-corrected chi connectivity index (χ2v) is 4.85. The molecule has 108 valence electrons. The van der Waals surface area contributed by atoms with E-state index in [-0.39, 0.29) is 18.0 Å². The molecular formula is C13H10N2O5S. The second-order valence-electron chi connectivity index (χ2n) is 3.87. The number of nitrogens with zero attached hydrogens (tertiary/aromatic N) is 2. The number of carboxylic acids is 1. The summed E-state index contributed by atoms with van der Waals surface area (Å²) in [4.78, 5) is 24.9. The lowest BCUT2D eigenvalue weighted by molar-refractivity contribution is -0.385. The number of carboxylic acid groups (broad SMARTS) is 1. The van der Waals surface area contributed by atoms with Crippen molar-refractivity contribution in [2.75, 3.05) is 0 Å². The first kappa shape index (κ1) is 14.7. The van der Waals surface area contributed by atoms with Crippen LogP contribution in [0.3, 0.4) is 0 Å². The van der Waals surface area contributed by atoms with Crippen molar-refractivity contribution in [3.63, 3.8) is 0 Å². The Morgan fingerprint density at radius 3 is 2.95 bits per heavy atom. The van der Waals surface area contributed by atoms with Crippen LogP contribution in [0.4, 0.5) is 5.69 Å². The number of benzene rings is 1. The number of rotatable bonds is 6. The van der Waals surface area contributed by atoms with Crippen LogP contribution in [0.25, 0.3) is 6.08 Å². The van der Waals surface area contributed by atoms with E-state index >= 15 is 0 Å². The van der Waals surface area contributed by atoms with E-state index in [0.29, 0.717) is 10.6 Å². The predicted molar refractivity (Wildman–Crippen MR) is 76.2 cm³/mol. The molecule has 2 rings (SSSR count). The van der Waals surface area contributed by atoms with Crippen molar-refractivity contribution in [3.05, 3.63) is 56.5 Å². The molecule has 0 spiro atoms. The molecule has 1 heterocycles. The molecule has 1 aromatic carbocycles. The molecule has 21 heavy (non-hydrogen) atoms. The normalized spacial score (nSPS) is 10.7. The van der Waals surface area contributed by atoms with E-state index in [1.165, 1.54) is 35.6 Å². The first-order valence-corrected chi connectivity index (χ1v) is 6.65. The van der Waals surface area contributed by atoms with Crippen molar-refractivity contribution in [1.29, 1.82) is 0 Å². The molecule has 1 aromatic heterocycles. The van der Waals surface area contributed by atoms with Gasteiger partial charge in [0.15, 0.2) is 5.75 Å². The van der Waals surface area contributed by atoms with Crippen LogP contribution in [0, 0.1) is 10.1 Å². The summed E-state index contributed by atoms with van der Waals surface area (Å²) in [5, 5.41) is 22.0.